The number of amides is 1. The maximum absolute atomic E-state index is 11.5. The standard InChI is InChI=1S/C17H13NO3/c19-16(7-8-17(20)21)18-13-5-6-15-12(10-13)9-11-3-1-2-4-14(11)15/h1-8,10H,9H2,(H,18,19)(H,20,21)/p-1/b8-7-. The zero-order valence-electron chi connectivity index (χ0n) is 11.1. The van der Waals surface area contributed by atoms with Gasteiger partial charge in [0, 0.05) is 11.8 Å². The number of nitrogens with one attached hydrogen (secondary N) is 1. The molecule has 3 rings (SSSR count). The van der Waals surface area contributed by atoms with Crippen LogP contribution in [-0.2, 0) is 16.0 Å². The fourth-order valence-corrected chi connectivity index (χ4v) is 2.55. The minimum Gasteiger partial charge on any atom is -0.545 e. The number of carboxylic acids is 1. The number of aliphatic carboxylic acids is 1. The summed E-state index contributed by atoms with van der Waals surface area (Å²) in [7, 11) is 0. The average molecular weight is 278 g/mol. The molecule has 0 radical (unpaired) electrons. The van der Waals surface area contributed by atoms with E-state index in [1.807, 2.05) is 30.3 Å². The van der Waals surface area contributed by atoms with Crippen LogP contribution in [0.3, 0.4) is 0 Å². The van der Waals surface area contributed by atoms with Crippen LogP contribution in [0, 0.1) is 0 Å². The number of carbonyl (C=O) groups excluding carboxylic acids is 2. The van der Waals surface area contributed by atoms with Crippen LogP contribution in [0.5, 0.6) is 0 Å². The second kappa shape index (κ2) is 5.25. The average Bonchev–Trinajstić information content (AvgIpc) is 2.82. The Kier molecular flexibility index (Phi) is 3.28. The first-order chi connectivity index (χ1) is 10.1. The van der Waals surface area contributed by atoms with Gasteiger partial charge in [0.2, 0.25) is 5.91 Å². The zero-order chi connectivity index (χ0) is 14.8. The van der Waals surface area contributed by atoms with Crippen LogP contribution in [0.25, 0.3) is 11.1 Å². The summed E-state index contributed by atoms with van der Waals surface area (Å²) < 4.78 is 0. The summed E-state index contributed by atoms with van der Waals surface area (Å²) in [5, 5.41) is 12.9. The molecule has 1 aliphatic rings. The van der Waals surface area contributed by atoms with E-state index in [2.05, 4.69) is 17.4 Å². The number of benzene rings is 2. The summed E-state index contributed by atoms with van der Waals surface area (Å²) in [6, 6.07) is 13.9. The smallest absolute Gasteiger partial charge is 0.248 e. The van der Waals surface area contributed by atoms with Crippen LogP contribution in [-0.4, -0.2) is 11.9 Å². The molecule has 0 unspecified atom stereocenters. The van der Waals surface area contributed by atoms with Gasteiger partial charge in [-0.2, -0.15) is 0 Å². The largest absolute Gasteiger partial charge is 0.545 e. The van der Waals surface area contributed by atoms with Gasteiger partial charge in [-0.25, -0.2) is 0 Å². The van der Waals surface area contributed by atoms with Crippen molar-refractivity contribution in [1.82, 2.24) is 0 Å². The van der Waals surface area contributed by atoms with Gasteiger partial charge >= 0.3 is 0 Å². The van der Waals surface area contributed by atoms with Gasteiger partial charge in [-0.15, -0.1) is 0 Å². The lowest BCUT2D eigenvalue weighted by atomic mass is 10.1. The highest BCUT2D eigenvalue weighted by atomic mass is 16.4. The van der Waals surface area contributed by atoms with Crippen LogP contribution in [0.2, 0.25) is 0 Å². The monoisotopic (exact) mass is 278 g/mol. The maximum atomic E-state index is 11.5. The van der Waals surface area contributed by atoms with Gasteiger partial charge in [-0.1, -0.05) is 30.3 Å². The van der Waals surface area contributed by atoms with E-state index < -0.39 is 11.9 Å². The Morgan fingerprint density at radius 2 is 1.76 bits per heavy atom. The topological polar surface area (TPSA) is 69.2 Å². The van der Waals surface area contributed by atoms with Crippen molar-refractivity contribution in [3.05, 3.63) is 65.7 Å². The van der Waals surface area contributed by atoms with Crippen LogP contribution < -0.4 is 10.4 Å². The van der Waals surface area contributed by atoms with Crippen molar-refractivity contribution in [3.63, 3.8) is 0 Å². The Bertz CT molecular complexity index is 762. The second-order valence-corrected chi connectivity index (χ2v) is 4.85. The number of carbonyl (C=O) groups is 2. The van der Waals surface area contributed by atoms with Crippen molar-refractivity contribution in [2.24, 2.45) is 0 Å². The molecule has 0 saturated heterocycles. The van der Waals surface area contributed by atoms with Gasteiger partial charge in [0.05, 0.1) is 5.97 Å². The van der Waals surface area contributed by atoms with Crippen LogP contribution in [0.15, 0.2) is 54.6 Å². The van der Waals surface area contributed by atoms with E-state index in [1.165, 1.54) is 16.7 Å². The summed E-state index contributed by atoms with van der Waals surface area (Å²) in [5.41, 5.74) is 5.47. The predicted octanol–water partition coefficient (Wildman–Crippen LogP) is 1.50. The van der Waals surface area contributed by atoms with Gasteiger partial charge in [0.25, 0.3) is 0 Å². The molecular formula is C17H12NO3-. The Hall–Kier alpha value is -2.88. The van der Waals surface area contributed by atoms with Crippen molar-refractivity contribution < 1.29 is 14.7 Å². The zero-order valence-corrected chi connectivity index (χ0v) is 11.1. The molecule has 1 N–H and O–H groups in total. The summed E-state index contributed by atoms with van der Waals surface area (Å²) in [6.07, 6.45) is 2.49. The van der Waals surface area contributed by atoms with E-state index in [0.717, 1.165) is 18.1 Å². The third-order valence-electron chi connectivity index (χ3n) is 3.43. The molecule has 1 amide bonds. The van der Waals surface area contributed by atoms with E-state index in [9.17, 15) is 14.7 Å². The van der Waals surface area contributed by atoms with Crippen molar-refractivity contribution in [3.8, 4) is 11.1 Å². The second-order valence-electron chi connectivity index (χ2n) is 4.85. The normalized spacial score (nSPS) is 12.0. The number of carboxylic acid groups (broad SMARTS) is 1. The number of fused-ring (bicyclic) bond motifs is 3. The molecule has 4 nitrogen and oxygen atoms in total. The van der Waals surface area contributed by atoms with Gasteiger partial charge < -0.3 is 15.2 Å². The quantitative estimate of drug-likeness (QED) is 0.738. The third-order valence-corrected chi connectivity index (χ3v) is 3.43. The van der Waals surface area contributed by atoms with E-state index in [1.54, 1.807) is 0 Å². The van der Waals surface area contributed by atoms with E-state index in [4.69, 9.17) is 0 Å². The Morgan fingerprint density at radius 1 is 1.00 bits per heavy atom. The molecule has 0 fully saturated rings. The first kappa shape index (κ1) is 13.1. The Labute approximate surface area is 121 Å². The number of hydrogen-bond acceptors (Lipinski definition) is 3. The van der Waals surface area contributed by atoms with Gasteiger partial charge in [-0.3, -0.25) is 4.79 Å². The number of rotatable bonds is 3. The van der Waals surface area contributed by atoms with E-state index in [-0.39, 0.29) is 0 Å². The van der Waals surface area contributed by atoms with Crippen molar-refractivity contribution >= 4 is 17.6 Å². The molecule has 0 spiro atoms. The third kappa shape index (κ3) is 2.69. The minimum atomic E-state index is -1.39. The van der Waals surface area contributed by atoms with E-state index >= 15 is 0 Å². The first-order valence-corrected chi connectivity index (χ1v) is 6.55. The van der Waals surface area contributed by atoms with Crippen molar-refractivity contribution in [2.75, 3.05) is 5.32 Å². The van der Waals surface area contributed by atoms with Crippen LogP contribution >= 0.6 is 0 Å². The molecule has 0 heterocycles. The van der Waals surface area contributed by atoms with Crippen molar-refractivity contribution in [2.45, 2.75) is 6.42 Å². The molecular weight excluding hydrogens is 266 g/mol. The first-order valence-electron chi connectivity index (χ1n) is 6.55. The highest BCUT2D eigenvalue weighted by Gasteiger charge is 2.17. The summed E-state index contributed by atoms with van der Waals surface area (Å²) in [4.78, 5) is 21.8. The number of anilines is 1. The lowest BCUT2D eigenvalue weighted by molar-refractivity contribution is -0.297. The Balaban J connectivity index is 1.81. The molecule has 0 aliphatic heterocycles. The molecule has 2 aromatic carbocycles. The summed E-state index contributed by atoms with van der Waals surface area (Å²) >= 11 is 0. The molecule has 21 heavy (non-hydrogen) atoms. The number of hydrogen-bond donors (Lipinski definition) is 1. The van der Waals surface area contributed by atoms with Gasteiger partial charge in [0.15, 0.2) is 0 Å². The molecule has 0 bridgehead atoms. The van der Waals surface area contributed by atoms with Gasteiger partial charge in [-0.05, 0) is 46.9 Å². The molecule has 1 aliphatic carbocycles. The van der Waals surface area contributed by atoms with Crippen molar-refractivity contribution in [1.29, 1.82) is 0 Å². The fourth-order valence-electron chi connectivity index (χ4n) is 2.55. The molecule has 2 aromatic rings. The molecule has 0 atom stereocenters. The maximum Gasteiger partial charge on any atom is 0.248 e. The molecule has 0 aromatic heterocycles. The molecule has 104 valence electrons. The summed E-state index contributed by atoms with van der Waals surface area (Å²) in [5.74, 6) is -1.88. The summed E-state index contributed by atoms with van der Waals surface area (Å²) in [6.45, 7) is 0. The van der Waals surface area contributed by atoms with Crippen LogP contribution in [0.4, 0.5) is 5.69 Å². The Morgan fingerprint density at radius 3 is 2.57 bits per heavy atom. The van der Waals surface area contributed by atoms with Gasteiger partial charge in [0.1, 0.15) is 0 Å². The highest BCUT2D eigenvalue weighted by Crippen LogP contribution is 2.37. The van der Waals surface area contributed by atoms with Crippen LogP contribution in [0.1, 0.15) is 11.1 Å². The SMILES string of the molecule is O=C([O-])/C=C\C(=O)Nc1ccc2c(c1)Cc1ccccc1-2. The predicted molar refractivity (Wildman–Crippen MR) is 77.5 cm³/mol. The fraction of sp³-hybridized carbons (Fsp3) is 0.0588. The molecule has 0 saturated carbocycles. The van der Waals surface area contributed by atoms with E-state index in [0.29, 0.717) is 11.8 Å². The highest BCUT2D eigenvalue weighted by molar-refractivity contribution is 6.02. The lowest BCUT2D eigenvalue weighted by Gasteiger charge is -2.06. The minimum absolute atomic E-state index is 0.491. The molecule has 4 heteroatoms. The lowest BCUT2D eigenvalue weighted by Crippen LogP contribution is -2.20.